The van der Waals surface area contributed by atoms with Gasteiger partial charge in [-0.2, -0.15) is 0 Å². The summed E-state index contributed by atoms with van der Waals surface area (Å²) in [5.41, 5.74) is 0. The average Bonchev–Trinajstić information content (AvgIpc) is 2.39. The fraction of sp³-hybridized carbons (Fsp3) is 1.00. The maximum Gasteiger partial charge on any atom is 0.183 e. The van der Waals surface area contributed by atoms with Crippen molar-refractivity contribution in [3.8, 4) is 0 Å². The highest BCUT2D eigenvalue weighted by Gasteiger charge is 2.13. The first-order valence-electron chi connectivity index (χ1n) is 9.01. The first-order chi connectivity index (χ1) is 10.6. The molecule has 0 aromatic heterocycles. The van der Waals surface area contributed by atoms with Crippen molar-refractivity contribution in [2.24, 2.45) is 0 Å². The third-order valence-corrected chi connectivity index (χ3v) is 6.09. The van der Waals surface area contributed by atoms with Gasteiger partial charge in [0.05, 0.1) is 25.9 Å². The van der Waals surface area contributed by atoms with Crippen LogP contribution in [0.3, 0.4) is 0 Å². The summed E-state index contributed by atoms with van der Waals surface area (Å²) >= 11 is 0. The predicted molar refractivity (Wildman–Crippen MR) is 117 cm³/mol. The smallest absolute Gasteiger partial charge is 0.183 e. The lowest BCUT2D eigenvalue weighted by molar-refractivity contribution is -0.0238. The van der Waals surface area contributed by atoms with Crippen molar-refractivity contribution in [2.45, 2.75) is 86.0 Å². The van der Waals surface area contributed by atoms with E-state index in [1.807, 2.05) is 0 Å². The fourth-order valence-corrected chi connectivity index (χ4v) is 3.91. The van der Waals surface area contributed by atoms with Gasteiger partial charge in [-0.3, -0.25) is 0 Å². The molecule has 0 heterocycles. The lowest BCUT2D eigenvalue weighted by atomic mass is 10.4. The van der Waals surface area contributed by atoms with E-state index in [0.717, 1.165) is 26.2 Å². The molecule has 0 aliphatic carbocycles. The molecule has 0 rings (SSSR count). The summed E-state index contributed by atoms with van der Waals surface area (Å²) in [6, 6.07) is 1.33. The summed E-state index contributed by atoms with van der Waals surface area (Å²) in [7, 11) is -2.29. The van der Waals surface area contributed by atoms with E-state index in [9.17, 15) is 0 Å². The zero-order valence-corrected chi connectivity index (χ0v) is 18.6. The van der Waals surface area contributed by atoms with Crippen LogP contribution in [0.25, 0.3) is 0 Å². The van der Waals surface area contributed by atoms with Crippen LogP contribution in [-0.4, -0.2) is 62.1 Å². The topological polar surface area (TPSA) is 36.9 Å². The number of ether oxygens (including phenoxy) is 3. The van der Waals surface area contributed by atoms with Gasteiger partial charge >= 0.3 is 0 Å². The van der Waals surface area contributed by atoms with Crippen molar-refractivity contribution >= 4 is 16.4 Å². The van der Waals surface area contributed by atoms with Gasteiger partial charge in [-0.05, 0) is 39.4 Å². The molecule has 0 saturated carbocycles. The molecule has 1 unspecified atom stereocenters. The van der Waals surface area contributed by atoms with Crippen molar-refractivity contribution in [3.05, 3.63) is 0 Å². The Bertz CT molecular complexity index is 276. The van der Waals surface area contributed by atoms with Crippen LogP contribution in [0.15, 0.2) is 0 Å². The van der Waals surface area contributed by atoms with Crippen molar-refractivity contribution in [2.75, 3.05) is 39.6 Å². The van der Waals surface area contributed by atoms with Gasteiger partial charge in [-0.25, -0.2) is 0 Å². The van der Waals surface area contributed by atoms with Crippen LogP contribution in [0.5, 0.6) is 0 Å². The summed E-state index contributed by atoms with van der Waals surface area (Å²) < 4.78 is 22.7. The van der Waals surface area contributed by atoms with E-state index in [1.54, 1.807) is 0 Å². The standard InChI is InChI=1S/C17H40O4Si2.2CH4/c1-17(20-11-9-15-22(2,3)4)16-19-14-13-18-10-8-12-21-23(5,6)7;;/h17H,8-16H2,1-7H3;2*1H4. The third kappa shape index (κ3) is 26.6. The quantitative estimate of drug-likeness (QED) is 0.264. The number of hydrogen-bond acceptors (Lipinski definition) is 4. The summed E-state index contributed by atoms with van der Waals surface area (Å²) in [5.74, 6) is 0. The molecule has 156 valence electrons. The van der Waals surface area contributed by atoms with E-state index in [0.29, 0.717) is 19.8 Å². The van der Waals surface area contributed by atoms with Crippen LogP contribution >= 0.6 is 0 Å². The molecule has 0 amide bonds. The van der Waals surface area contributed by atoms with Gasteiger partial charge in [0.2, 0.25) is 0 Å². The molecule has 0 fully saturated rings. The van der Waals surface area contributed by atoms with Crippen molar-refractivity contribution in [1.29, 1.82) is 0 Å². The van der Waals surface area contributed by atoms with Gasteiger partial charge < -0.3 is 18.6 Å². The molecular formula is C19H48O4Si2. The van der Waals surface area contributed by atoms with Crippen LogP contribution < -0.4 is 0 Å². The maximum absolute atomic E-state index is 5.77. The highest BCUT2D eigenvalue weighted by molar-refractivity contribution is 6.76. The van der Waals surface area contributed by atoms with E-state index in [4.69, 9.17) is 18.6 Å². The Labute approximate surface area is 161 Å². The number of rotatable bonds is 15. The molecule has 0 bridgehead atoms. The lowest BCUT2D eigenvalue weighted by Gasteiger charge is -2.17. The van der Waals surface area contributed by atoms with Crippen LogP contribution in [0, 0.1) is 0 Å². The second-order valence-electron chi connectivity index (χ2n) is 8.35. The summed E-state index contributed by atoms with van der Waals surface area (Å²) in [4.78, 5) is 0. The van der Waals surface area contributed by atoms with Crippen molar-refractivity contribution in [1.82, 2.24) is 0 Å². The molecule has 1 atom stereocenters. The second kappa shape index (κ2) is 16.4. The molecule has 0 aromatic rings. The summed E-state index contributed by atoms with van der Waals surface area (Å²) in [6.07, 6.45) is 2.30. The number of hydrogen-bond donors (Lipinski definition) is 0. The molecule has 0 N–H and O–H groups in total. The van der Waals surface area contributed by atoms with Crippen molar-refractivity contribution < 1.29 is 18.6 Å². The average molecular weight is 397 g/mol. The Balaban J connectivity index is -0.00000242. The molecule has 4 nitrogen and oxygen atoms in total. The fourth-order valence-electron chi connectivity index (χ4n) is 1.94. The zero-order chi connectivity index (χ0) is 17.8. The minimum atomic E-state index is -1.37. The van der Waals surface area contributed by atoms with E-state index in [-0.39, 0.29) is 21.0 Å². The maximum atomic E-state index is 5.77. The molecule has 6 heteroatoms. The van der Waals surface area contributed by atoms with Crippen molar-refractivity contribution in [3.63, 3.8) is 0 Å². The van der Waals surface area contributed by atoms with Gasteiger partial charge in [-0.15, -0.1) is 0 Å². The molecule has 0 spiro atoms. The van der Waals surface area contributed by atoms with E-state index < -0.39 is 16.4 Å². The first-order valence-corrected chi connectivity index (χ1v) is 16.1. The first kappa shape index (κ1) is 30.0. The van der Waals surface area contributed by atoms with E-state index >= 15 is 0 Å². The molecule has 0 radical (unpaired) electrons. The predicted octanol–water partition coefficient (Wildman–Crippen LogP) is 5.67. The summed E-state index contributed by atoms with van der Waals surface area (Å²) in [6.45, 7) is 20.2. The van der Waals surface area contributed by atoms with Gasteiger partial charge in [0.25, 0.3) is 0 Å². The minimum Gasteiger partial charge on any atom is -0.418 e. The Morgan fingerprint density at radius 2 is 1.32 bits per heavy atom. The Kier molecular flexibility index (Phi) is 19.7. The molecule has 0 saturated heterocycles. The monoisotopic (exact) mass is 396 g/mol. The Morgan fingerprint density at radius 1 is 0.720 bits per heavy atom. The second-order valence-corrected chi connectivity index (χ2v) is 18.5. The SMILES string of the molecule is C.C.CC(COCCOCCCO[Si](C)(C)C)OCCC[Si](C)(C)C. The van der Waals surface area contributed by atoms with E-state index in [1.165, 1.54) is 12.5 Å². The zero-order valence-electron chi connectivity index (χ0n) is 16.6. The van der Waals surface area contributed by atoms with Gasteiger partial charge in [0.15, 0.2) is 8.32 Å². The van der Waals surface area contributed by atoms with Gasteiger partial charge in [0, 0.05) is 27.9 Å². The van der Waals surface area contributed by atoms with E-state index in [2.05, 4.69) is 46.2 Å². The van der Waals surface area contributed by atoms with Gasteiger partial charge in [0.1, 0.15) is 0 Å². The summed E-state index contributed by atoms with van der Waals surface area (Å²) in [5, 5.41) is 0. The molecular weight excluding hydrogens is 348 g/mol. The molecule has 0 aliphatic rings. The normalized spacial score (nSPS) is 13.1. The third-order valence-electron chi connectivity index (χ3n) is 3.17. The Morgan fingerprint density at radius 3 is 1.88 bits per heavy atom. The van der Waals surface area contributed by atoms with Crippen LogP contribution in [-0.2, 0) is 18.6 Å². The lowest BCUT2D eigenvalue weighted by Crippen LogP contribution is -2.26. The molecule has 0 aliphatic heterocycles. The van der Waals surface area contributed by atoms with Crippen LogP contribution in [0.4, 0.5) is 0 Å². The van der Waals surface area contributed by atoms with Crippen LogP contribution in [0.1, 0.15) is 34.6 Å². The highest BCUT2D eigenvalue weighted by Crippen LogP contribution is 2.11. The Hall–Kier alpha value is 0.274. The molecule has 25 heavy (non-hydrogen) atoms. The highest BCUT2D eigenvalue weighted by atomic mass is 28.4. The van der Waals surface area contributed by atoms with Gasteiger partial charge in [-0.1, -0.05) is 40.5 Å². The molecule has 0 aromatic carbocycles. The minimum absolute atomic E-state index is 0. The van der Waals surface area contributed by atoms with Crippen LogP contribution in [0.2, 0.25) is 45.3 Å². The largest absolute Gasteiger partial charge is 0.418 e.